The summed E-state index contributed by atoms with van der Waals surface area (Å²) in [6, 6.07) is 0. The van der Waals surface area contributed by atoms with Gasteiger partial charge in [0.15, 0.2) is 0 Å². The number of hydrogen-bond acceptors (Lipinski definition) is 5. The van der Waals surface area contributed by atoms with Crippen LogP contribution in [0.25, 0.3) is 0 Å². The molecule has 8 heteroatoms. The lowest BCUT2D eigenvalue weighted by Crippen LogP contribution is -2.33. The molecule has 1 rings (SSSR count). The molecule has 1 aromatic rings. The van der Waals surface area contributed by atoms with Crippen molar-refractivity contribution in [3.8, 4) is 0 Å². The third-order valence-corrected chi connectivity index (χ3v) is 2.08. The second-order valence-corrected chi connectivity index (χ2v) is 4.91. The zero-order valence-corrected chi connectivity index (χ0v) is 11.6. The van der Waals surface area contributed by atoms with E-state index in [-0.39, 0.29) is 19.0 Å². The molecule has 106 valence electrons. The fourth-order valence-electron chi connectivity index (χ4n) is 1.24. The van der Waals surface area contributed by atoms with Crippen LogP contribution in [-0.2, 0) is 22.6 Å². The topological polar surface area (TPSA) is 98.1 Å². The Bertz CT molecular complexity index is 449. The van der Waals surface area contributed by atoms with Crippen LogP contribution in [0.1, 0.15) is 26.5 Å². The SMILES string of the molecule is CNC(=O)Cn1nncc1CNC(=O)OC(C)(C)C. The number of hydrogen-bond donors (Lipinski definition) is 2. The summed E-state index contributed by atoms with van der Waals surface area (Å²) in [5.41, 5.74) is 0.0690. The van der Waals surface area contributed by atoms with Gasteiger partial charge in [-0.2, -0.15) is 0 Å². The van der Waals surface area contributed by atoms with Crippen LogP contribution >= 0.6 is 0 Å². The maximum absolute atomic E-state index is 11.5. The Balaban J connectivity index is 2.52. The van der Waals surface area contributed by atoms with Gasteiger partial charge in [-0.25, -0.2) is 9.48 Å². The maximum Gasteiger partial charge on any atom is 0.407 e. The van der Waals surface area contributed by atoms with E-state index in [1.54, 1.807) is 20.8 Å². The van der Waals surface area contributed by atoms with Crippen molar-refractivity contribution in [2.24, 2.45) is 0 Å². The van der Waals surface area contributed by atoms with Crippen molar-refractivity contribution < 1.29 is 14.3 Å². The second kappa shape index (κ2) is 6.17. The molecule has 0 saturated heterocycles. The molecule has 0 atom stereocenters. The standard InChI is InChI=1S/C11H19N5O3/c1-11(2,3)19-10(18)13-5-8-6-14-15-16(8)7-9(17)12-4/h6H,5,7H2,1-4H3,(H,12,17)(H,13,18). The lowest BCUT2D eigenvalue weighted by molar-refractivity contribution is -0.121. The van der Waals surface area contributed by atoms with Crippen LogP contribution in [0.4, 0.5) is 4.79 Å². The Labute approximate surface area is 111 Å². The predicted molar refractivity (Wildman–Crippen MR) is 67.2 cm³/mol. The molecular formula is C11H19N5O3. The van der Waals surface area contributed by atoms with Crippen molar-refractivity contribution in [3.05, 3.63) is 11.9 Å². The number of carbonyl (C=O) groups excluding carboxylic acids is 2. The number of carbonyl (C=O) groups is 2. The number of ether oxygens (including phenoxy) is 1. The summed E-state index contributed by atoms with van der Waals surface area (Å²) in [6.07, 6.45) is 0.959. The number of amides is 2. The molecule has 0 aromatic carbocycles. The number of nitrogens with zero attached hydrogens (tertiary/aromatic N) is 3. The first-order chi connectivity index (χ1) is 8.81. The smallest absolute Gasteiger partial charge is 0.407 e. The van der Waals surface area contributed by atoms with E-state index in [4.69, 9.17) is 4.74 Å². The highest BCUT2D eigenvalue weighted by Gasteiger charge is 2.16. The molecule has 8 nitrogen and oxygen atoms in total. The van der Waals surface area contributed by atoms with Gasteiger partial charge in [-0.15, -0.1) is 5.10 Å². The minimum absolute atomic E-state index is 0.0574. The van der Waals surface area contributed by atoms with Gasteiger partial charge in [0.2, 0.25) is 5.91 Å². The first kappa shape index (κ1) is 14.9. The Morgan fingerprint density at radius 2 is 2.11 bits per heavy atom. The lowest BCUT2D eigenvalue weighted by Gasteiger charge is -2.19. The van der Waals surface area contributed by atoms with E-state index in [1.165, 1.54) is 17.9 Å². The van der Waals surface area contributed by atoms with E-state index < -0.39 is 11.7 Å². The summed E-state index contributed by atoms with van der Waals surface area (Å²) in [4.78, 5) is 22.7. The average Bonchev–Trinajstić information content (AvgIpc) is 2.71. The molecule has 1 aromatic heterocycles. The average molecular weight is 269 g/mol. The van der Waals surface area contributed by atoms with Gasteiger partial charge in [0, 0.05) is 7.05 Å². The monoisotopic (exact) mass is 269 g/mol. The van der Waals surface area contributed by atoms with Gasteiger partial charge in [0.1, 0.15) is 12.1 Å². The van der Waals surface area contributed by atoms with E-state index in [2.05, 4.69) is 20.9 Å². The summed E-state index contributed by atoms with van der Waals surface area (Å²) in [5, 5.41) is 12.5. The van der Waals surface area contributed by atoms with Crippen LogP contribution in [0, 0.1) is 0 Å². The van der Waals surface area contributed by atoms with Crippen LogP contribution in [0.2, 0.25) is 0 Å². The summed E-state index contributed by atoms with van der Waals surface area (Å²) in [6.45, 7) is 5.60. The zero-order chi connectivity index (χ0) is 14.5. The van der Waals surface area contributed by atoms with Crippen LogP contribution < -0.4 is 10.6 Å². The van der Waals surface area contributed by atoms with E-state index in [1.807, 2.05) is 0 Å². The number of rotatable bonds is 4. The molecule has 19 heavy (non-hydrogen) atoms. The summed E-state index contributed by atoms with van der Waals surface area (Å²) in [7, 11) is 1.54. The molecule has 1 heterocycles. The highest BCUT2D eigenvalue weighted by atomic mass is 16.6. The van der Waals surface area contributed by atoms with Gasteiger partial charge >= 0.3 is 6.09 Å². The molecule has 2 amide bonds. The molecule has 0 spiro atoms. The van der Waals surface area contributed by atoms with Crippen LogP contribution in [0.5, 0.6) is 0 Å². The molecule has 0 aliphatic carbocycles. The Hall–Kier alpha value is -2.12. The fourth-order valence-corrected chi connectivity index (χ4v) is 1.24. The highest BCUT2D eigenvalue weighted by molar-refractivity contribution is 5.75. The van der Waals surface area contributed by atoms with Gasteiger partial charge in [-0.3, -0.25) is 4.79 Å². The molecule has 0 radical (unpaired) electrons. The zero-order valence-electron chi connectivity index (χ0n) is 11.6. The van der Waals surface area contributed by atoms with E-state index in [9.17, 15) is 9.59 Å². The first-order valence-electron chi connectivity index (χ1n) is 5.86. The lowest BCUT2D eigenvalue weighted by atomic mass is 10.2. The second-order valence-electron chi connectivity index (χ2n) is 4.91. The summed E-state index contributed by atoms with van der Waals surface area (Å²) < 4.78 is 6.51. The van der Waals surface area contributed by atoms with Crippen molar-refractivity contribution in [2.75, 3.05) is 7.05 Å². The van der Waals surface area contributed by atoms with E-state index in [0.717, 1.165) is 0 Å². The first-order valence-corrected chi connectivity index (χ1v) is 5.86. The maximum atomic E-state index is 11.5. The van der Waals surface area contributed by atoms with Gasteiger partial charge in [-0.1, -0.05) is 5.21 Å². The van der Waals surface area contributed by atoms with Crippen LogP contribution in [0.3, 0.4) is 0 Å². The molecule has 2 N–H and O–H groups in total. The largest absolute Gasteiger partial charge is 0.444 e. The van der Waals surface area contributed by atoms with E-state index >= 15 is 0 Å². The van der Waals surface area contributed by atoms with Gasteiger partial charge in [0.05, 0.1) is 18.4 Å². The molecule has 0 aliphatic heterocycles. The number of nitrogens with one attached hydrogen (secondary N) is 2. The van der Waals surface area contributed by atoms with Gasteiger partial charge < -0.3 is 15.4 Å². The van der Waals surface area contributed by atoms with Crippen molar-refractivity contribution in [1.29, 1.82) is 0 Å². The number of aromatic nitrogens is 3. The Morgan fingerprint density at radius 3 is 2.68 bits per heavy atom. The van der Waals surface area contributed by atoms with Crippen molar-refractivity contribution in [1.82, 2.24) is 25.6 Å². The quantitative estimate of drug-likeness (QED) is 0.804. The fraction of sp³-hybridized carbons (Fsp3) is 0.636. The van der Waals surface area contributed by atoms with Crippen LogP contribution in [-0.4, -0.2) is 39.6 Å². The molecule has 0 bridgehead atoms. The van der Waals surface area contributed by atoms with Crippen molar-refractivity contribution in [3.63, 3.8) is 0 Å². The van der Waals surface area contributed by atoms with Crippen molar-refractivity contribution >= 4 is 12.0 Å². The molecular weight excluding hydrogens is 250 g/mol. The molecule has 0 saturated carbocycles. The highest BCUT2D eigenvalue weighted by Crippen LogP contribution is 2.06. The molecule has 0 aliphatic rings. The van der Waals surface area contributed by atoms with Gasteiger partial charge in [0.25, 0.3) is 0 Å². The Kier molecular flexibility index (Phi) is 4.85. The summed E-state index contributed by atoms with van der Waals surface area (Å²) in [5.74, 6) is -0.191. The third-order valence-electron chi connectivity index (χ3n) is 2.08. The Morgan fingerprint density at radius 1 is 1.42 bits per heavy atom. The number of alkyl carbamates (subject to hydrolysis) is 1. The minimum Gasteiger partial charge on any atom is -0.444 e. The molecule has 0 fully saturated rings. The number of likely N-dealkylation sites (N-methyl/N-ethyl adjacent to an activating group) is 1. The molecule has 0 unspecified atom stereocenters. The van der Waals surface area contributed by atoms with E-state index in [0.29, 0.717) is 5.69 Å². The third kappa shape index (κ3) is 5.36. The minimum atomic E-state index is -0.551. The van der Waals surface area contributed by atoms with Crippen molar-refractivity contribution in [2.45, 2.75) is 39.5 Å². The summed E-state index contributed by atoms with van der Waals surface area (Å²) >= 11 is 0. The normalized spacial score (nSPS) is 10.9. The predicted octanol–water partition coefficient (Wildman–Crippen LogP) is 0.0488. The van der Waals surface area contributed by atoms with Crippen LogP contribution in [0.15, 0.2) is 6.20 Å². The van der Waals surface area contributed by atoms with Gasteiger partial charge in [-0.05, 0) is 20.8 Å².